The van der Waals surface area contributed by atoms with E-state index in [2.05, 4.69) is 42.6 Å². The van der Waals surface area contributed by atoms with Crippen LogP contribution in [0.5, 0.6) is 0 Å². The second kappa shape index (κ2) is 6.03. The number of nitrogens with one attached hydrogen (secondary N) is 1. The van der Waals surface area contributed by atoms with Gasteiger partial charge >= 0.3 is 0 Å². The van der Waals surface area contributed by atoms with E-state index in [1.807, 2.05) is 12.5 Å². The Kier molecular flexibility index (Phi) is 4.60. The summed E-state index contributed by atoms with van der Waals surface area (Å²) in [6.07, 6.45) is 3.84. The summed E-state index contributed by atoms with van der Waals surface area (Å²) in [7, 11) is 0. The average molecular weight is 267 g/mol. The van der Waals surface area contributed by atoms with Gasteiger partial charge in [-0.05, 0) is 27.7 Å². The van der Waals surface area contributed by atoms with E-state index in [0.717, 1.165) is 18.8 Å². The summed E-state index contributed by atoms with van der Waals surface area (Å²) in [5.74, 6) is 0. The van der Waals surface area contributed by atoms with Crippen molar-refractivity contribution < 1.29 is 9.47 Å². The van der Waals surface area contributed by atoms with Gasteiger partial charge in [0.25, 0.3) is 0 Å². The van der Waals surface area contributed by atoms with Crippen molar-refractivity contribution in [1.29, 1.82) is 0 Å². The highest BCUT2D eigenvalue weighted by atomic mass is 16.5. The van der Waals surface area contributed by atoms with E-state index in [9.17, 15) is 0 Å². The van der Waals surface area contributed by atoms with Crippen LogP contribution in [0.4, 0.5) is 0 Å². The minimum atomic E-state index is -0.105. The number of ether oxygens (including phenoxy) is 2. The summed E-state index contributed by atoms with van der Waals surface area (Å²) in [5.41, 5.74) is 1.00. The number of morpholine rings is 1. The number of hydrogen-bond donors (Lipinski definition) is 1. The van der Waals surface area contributed by atoms with Gasteiger partial charge in [-0.1, -0.05) is 0 Å². The van der Waals surface area contributed by atoms with Crippen molar-refractivity contribution >= 4 is 0 Å². The minimum absolute atomic E-state index is 0.105. The predicted molar refractivity (Wildman–Crippen MR) is 74.1 cm³/mol. The lowest BCUT2D eigenvalue weighted by Crippen LogP contribution is -2.51. The van der Waals surface area contributed by atoms with E-state index < -0.39 is 0 Å². The molecule has 0 radical (unpaired) electrons. The zero-order valence-corrected chi connectivity index (χ0v) is 12.3. The first-order valence-corrected chi connectivity index (χ1v) is 6.95. The SMILES string of the molecule is CC(C)n1cncc1COCC1CNCC(C)(C)O1. The molecule has 2 rings (SSSR count). The third kappa shape index (κ3) is 4.03. The third-order valence-electron chi connectivity index (χ3n) is 3.26. The van der Waals surface area contributed by atoms with Crippen LogP contribution in [0.3, 0.4) is 0 Å². The summed E-state index contributed by atoms with van der Waals surface area (Å²) < 4.78 is 13.9. The molecule has 0 amide bonds. The van der Waals surface area contributed by atoms with Crippen LogP contribution in [-0.4, -0.2) is 41.0 Å². The Morgan fingerprint density at radius 2 is 2.37 bits per heavy atom. The topological polar surface area (TPSA) is 48.3 Å². The van der Waals surface area contributed by atoms with Gasteiger partial charge in [-0.3, -0.25) is 0 Å². The molecule has 1 fully saturated rings. The lowest BCUT2D eigenvalue weighted by atomic mass is 10.1. The van der Waals surface area contributed by atoms with Gasteiger partial charge in [-0.2, -0.15) is 0 Å². The van der Waals surface area contributed by atoms with E-state index in [-0.39, 0.29) is 11.7 Å². The Morgan fingerprint density at radius 1 is 1.58 bits per heavy atom. The standard InChI is InChI=1S/C14H25N3O2/c1-11(2)17-10-16-5-12(17)7-18-8-13-6-15-9-14(3,4)19-13/h5,10-11,13,15H,6-9H2,1-4H3. The van der Waals surface area contributed by atoms with Gasteiger partial charge in [-0.15, -0.1) is 0 Å². The van der Waals surface area contributed by atoms with E-state index in [1.54, 1.807) is 0 Å². The van der Waals surface area contributed by atoms with Gasteiger partial charge in [0, 0.05) is 19.1 Å². The van der Waals surface area contributed by atoms with Crippen molar-refractivity contribution in [2.75, 3.05) is 19.7 Å². The number of aromatic nitrogens is 2. The average Bonchev–Trinajstić information content (AvgIpc) is 2.76. The van der Waals surface area contributed by atoms with Crippen LogP contribution >= 0.6 is 0 Å². The van der Waals surface area contributed by atoms with Gasteiger partial charge in [-0.25, -0.2) is 4.98 Å². The van der Waals surface area contributed by atoms with Crippen molar-refractivity contribution in [2.45, 2.75) is 52.0 Å². The maximum atomic E-state index is 5.96. The van der Waals surface area contributed by atoms with E-state index in [4.69, 9.17) is 9.47 Å². The summed E-state index contributed by atoms with van der Waals surface area (Å²) in [6, 6.07) is 0.410. The van der Waals surface area contributed by atoms with Gasteiger partial charge in [0.1, 0.15) is 0 Å². The molecular weight excluding hydrogens is 242 g/mol. The molecule has 1 aliphatic heterocycles. The molecule has 19 heavy (non-hydrogen) atoms. The van der Waals surface area contributed by atoms with Crippen LogP contribution in [-0.2, 0) is 16.1 Å². The Labute approximate surface area is 115 Å². The number of nitrogens with zero attached hydrogens (tertiary/aromatic N) is 2. The quantitative estimate of drug-likeness (QED) is 0.883. The first kappa shape index (κ1) is 14.5. The lowest BCUT2D eigenvalue weighted by Gasteiger charge is -2.36. The first-order valence-electron chi connectivity index (χ1n) is 6.95. The molecule has 5 heteroatoms. The highest BCUT2D eigenvalue weighted by molar-refractivity contribution is 4.98. The van der Waals surface area contributed by atoms with E-state index in [1.165, 1.54) is 0 Å². The highest BCUT2D eigenvalue weighted by Gasteiger charge is 2.28. The predicted octanol–water partition coefficient (Wildman–Crippen LogP) is 1.75. The van der Waals surface area contributed by atoms with Crippen molar-refractivity contribution in [1.82, 2.24) is 14.9 Å². The van der Waals surface area contributed by atoms with Gasteiger partial charge in [0.15, 0.2) is 0 Å². The van der Waals surface area contributed by atoms with Crippen molar-refractivity contribution in [2.24, 2.45) is 0 Å². The zero-order valence-electron chi connectivity index (χ0n) is 12.3. The van der Waals surface area contributed by atoms with Gasteiger partial charge < -0.3 is 19.4 Å². The molecule has 1 aromatic heterocycles. The van der Waals surface area contributed by atoms with E-state index in [0.29, 0.717) is 19.3 Å². The van der Waals surface area contributed by atoms with Gasteiger partial charge in [0.2, 0.25) is 0 Å². The molecule has 0 aliphatic carbocycles. The van der Waals surface area contributed by atoms with Crippen LogP contribution in [0, 0.1) is 0 Å². The molecule has 1 aromatic rings. The van der Waals surface area contributed by atoms with Gasteiger partial charge in [0.05, 0.1) is 43.1 Å². The molecule has 2 heterocycles. The summed E-state index contributed by atoms with van der Waals surface area (Å²) in [5, 5.41) is 3.38. The fraction of sp³-hybridized carbons (Fsp3) is 0.786. The summed E-state index contributed by atoms with van der Waals surface area (Å²) in [6.45, 7) is 11.4. The molecule has 1 aliphatic rings. The van der Waals surface area contributed by atoms with Crippen molar-refractivity contribution in [3.63, 3.8) is 0 Å². The normalized spacial score (nSPS) is 22.9. The molecule has 1 unspecified atom stereocenters. The third-order valence-corrected chi connectivity index (χ3v) is 3.26. The molecule has 1 atom stereocenters. The summed E-state index contributed by atoms with van der Waals surface area (Å²) in [4.78, 5) is 4.17. The van der Waals surface area contributed by atoms with Crippen LogP contribution < -0.4 is 5.32 Å². The molecule has 108 valence electrons. The smallest absolute Gasteiger partial charge is 0.0951 e. The molecule has 5 nitrogen and oxygen atoms in total. The second-order valence-corrected chi connectivity index (χ2v) is 6.03. The maximum Gasteiger partial charge on any atom is 0.0951 e. The van der Waals surface area contributed by atoms with Crippen LogP contribution in [0.2, 0.25) is 0 Å². The van der Waals surface area contributed by atoms with Crippen LogP contribution in [0.15, 0.2) is 12.5 Å². The number of imidazole rings is 1. The molecule has 0 aromatic carbocycles. The zero-order chi connectivity index (χ0) is 13.9. The first-order chi connectivity index (χ1) is 8.98. The fourth-order valence-corrected chi connectivity index (χ4v) is 2.37. The van der Waals surface area contributed by atoms with Crippen LogP contribution in [0.25, 0.3) is 0 Å². The number of rotatable bonds is 5. The maximum absolute atomic E-state index is 5.96. The van der Waals surface area contributed by atoms with E-state index >= 15 is 0 Å². The summed E-state index contributed by atoms with van der Waals surface area (Å²) >= 11 is 0. The molecule has 0 bridgehead atoms. The van der Waals surface area contributed by atoms with Crippen LogP contribution in [0.1, 0.15) is 39.4 Å². The molecule has 0 spiro atoms. The second-order valence-electron chi connectivity index (χ2n) is 6.03. The Balaban J connectivity index is 1.79. The Morgan fingerprint density at radius 3 is 3.05 bits per heavy atom. The van der Waals surface area contributed by atoms with Crippen molar-refractivity contribution in [3.8, 4) is 0 Å². The minimum Gasteiger partial charge on any atom is -0.372 e. The Hall–Kier alpha value is -0.910. The Bertz CT molecular complexity index is 401. The van der Waals surface area contributed by atoms with Crippen molar-refractivity contribution in [3.05, 3.63) is 18.2 Å². The number of hydrogen-bond acceptors (Lipinski definition) is 4. The monoisotopic (exact) mass is 267 g/mol. The largest absolute Gasteiger partial charge is 0.372 e. The molecule has 1 N–H and O–H groups in total. The molecule has 0 saturated carbocycles. The molecular formula is C14H25N3O2. The molecule has 1 saturated heterocycles. The lowest BCUT2D eigenvalue weighted by molar-refractivity contribution is -0.122. The fourth-order valence-electron chi connectivity index (χ4n) is 2.37. The highest BCUT2D eigenvalue weighted by Crippen LogP contribution is 2.16.